The van der Waals surface area contributed by atoms with Gasteiger partial charge in [0.2, 0.25) is 0 Å². The average Bonchev–Trinajstić information content (AvgIpc) is 2.02. The molecule has 0 aromatic heterocycles. The van der Waals surface area contributed by atoms with Gasteiger partial charge in [-0.25, -0.2) is 5.92 Å². The Labute approximate surface area is 79.1 Å². The van der Waals surface area contributed by atoms with E-state index in [4.69, 9.17) is 0 Å². The summed E-state index contributed by atoms with van der Waals surface area (Å²) in [5, 5.41) is 2.60. The SMILES string of the molecule is [CH2-]C#CC#CC#CC(=O)NC(C)C. The van der Waals surface area contributed by atoms with Crippen molar-refractivity contribution in [3.8, 4) is 35.5 Å². The third-order valence-electron chi connectivity index (χ3n) is 0.872. The molecule has 0 spiro atoms. The minimum atomic E-state index is -0.327. The van der Waals surface area contributed by atoms with Gasteiger partial charge in [-0.15, -0.1) is 5.92 Å². The molecule has 0 aliphatic heterocycles. The van der Waals surface area contributed by atoms with Crippen LogP contribution in [0.5, 0.6) is 0 Å². The molecule has 2 heteroatoms. The maximum atomic E-state index is 10.9. The van der Waals surface area contributed by atoms with Gasteiger partial charge in [0.1, 0.15) is 0 Å². The van der Waals surface area contributed by atoms with E-state index < -0.39 is 0 Å². The third kappa shape index (κ3) is 7.92. The second kappa shape index (κ2) is 6.71. The van der Waals surface area contributed by atoms with Crippen LogP contribution >= 0.6 is 0 Å². The van der Waals surface area contributed by atoms with Crippen LogP contribution in [0.2, 0.25) is 0 Å². The first-order valence-corrected chi connectivity index (χ1v) is 3.75. The van der Waals surface area contributed by atoms with Crippen LogP contribution < -0.4 is 5.32 Å². The fraction of sp³-hybridized carbons (Fsp3) is 0.273. The first-order chi connectivity index (χ1) is 6.16. The Bertz CT molecular complexity index is 347. The Balaban J connectivity index is 4.04. The van der Waals surface area contributed by atoms with Crippen LogP contribution in [-0.2, 0) is 4.79 Å². The quantitative estimate of drug-likeness (QED) is 0.449. The van der Waals surface area contributed by atoms with Crippen LogP contribution in [-0.4, -0.2) is 11.9 Å². The minimum Gasteiger partial charge on any atom is -0.343 e. The summed E-state index contributed by atoms with van der Waals surface area (Å²) in [5.41, 5.74) is 0. The second-order valence-corrected chi connectivity index (χ2v) is 2.43. The Morgan fingerprint density at radius 3 is 2.38 bits per heavy atom. The van der Waals surface area contributed by atoms with Gasteiger partial charge in [-0.3, -0.25) is 10.7 Å². The molecule has 0 rings (SSSR count). The molecule has 0 atom stereocenters. The van der Waals surface area contributed by atoms with Gasteiger partial charge in [0, 0.05) is 12.0 Å². The maximum Gasteiger partial charge on any atom is 0.297 e. The summed E-state index contributed by atoms with van der Waals surface area (Å²) in [7, 11) is 0. The van der Waals surface area contributed by atoms with Crippen molar-refractivity contribution in [1.82, 2.24) is 5.32 Å². The lowest BCUT2D eigenvalue weighted by Gasteiger charge is -2.01. The molecule has 0 aromatic rings. The average molecular weight is 172 g/mol. The van der Waals surface area contributed by atoms with E-state index >= 15 is 0 Å². The van der Waals surface area contributed by atoms with E-state index in [0.717, 1.165) is 0 Å². The fourth-order valence-electron chi connectivity index (χ4n) is 0.493. The molecule has 2 nitrogen and oxygen atoms in total. The summed E-state index contributed by atoms with van der Waals surface area (Å²) in [6, 6.07) is 0.0920. The molecule has 0 radical (unpaired) electrons. The highest BCUT2D eigenvalue weighted by Gasteiger charge is 1.95. The fourth-order valence-corrected chi connectivity index (χ4v) is 0.493. The summed E-state index contributed by atoms with van der Waals surface area (Å²) in [5.74, 6) is 13.9. The van der Waals surface area contributed by atoms with E-state index in [2.05, 4.69) is 47.8 Å². The van der Waals surface area contributed by atoms with Crippen molar-refractivity contribution >= 4 is 5.91 Å². The molecular formula is C11H10NO-. The van der Waals surface area contributed by atoms with E-state index in [1.54, 1.807) is 0 Å². The van der Waals surface area contributed by atoms with Crippen LogP contribution in [0.25, 0.3) is 0 Å². The van der Waals surface area contributed by atoms with E-state index in [1.807, 2.05) is 13.8 Å². The molecule has 0 aliphatic carbocycles. The van der Waals surface area contributed by atoms with Crippen molar-refractivity contribution in [2.24, 2.45) is 0 Å². The Hall–Kier alpha value is -1.98. The van der Waals surface area contributed by atoms with Gasteiger partial charge in [-0.1, -0.05) is 0 Å². The number of carbonyl (C=O) groups excluding carboxylic acids is 1. The maximum absolute atomic E-state index is 10.9. The van der Waals surface area contributed by atoms with Crippen LogP contribution in [0.3, 0.4) is 0 Å². The first kappa shape index (κ1) is 11.0. The smallest absolute Gasteiger partial charge is 0.297 e. The van der Waals surface area contributed by atoms with Gasteiger partial charge in [0.05, 0.1) is 0 Å². The molecule has 0 fully saturated rings. The standard InChI is InChI=1S/C11H10NO/c1-4-5-6-7-8-9-11(13)12-10(2)3/h10H,1H2,2-3H3,(H,12,13)/q-1. The molecule has 13 heavy (non-hydrogen) atoms. The zero-order valence-electron chi connectivity index (χ0n) is 7.69. The number of amides is 1. The second-order valence-electron chi connectivity index (χ2n) is 2.43. The van der Waals surface area contributed by atoms with E-state index in [0.29, 0.717) is 0 Å². The lowest BCUT2D eigenvalue weighted by molar-refractivity contribution is -0.116. The zero-order chi connectivity index (χ0) is 10.1. The lowest BCUT2D eigenvalue weighted by atomic mass is 10.4. The lowest BCUT2D eigenvalue weighted by Crippen LogP contribution is -2.28. The molecule has 66 valence electrons. The number of hydrogen-bond acceptors (Lipinski definition) is 1. The minimum absolute atomic E-state index is 0.0920. The largest absolute Gasteiger partial charge is 0.343 e. The molecule has 0 aromatic carbocycles. The topological polar surface area (TPSA) is 29.1 Å². The first-order valence-electron chi connectivity index (χ1n) is 3.75. The zero-order valence-corrected chi connectivity index (χ0v) is 7.69. The van der Waals surface area contributed by atoms with Crippen molar-refractivity contribution in [3.63, 3.8) is 0 Å². The van der Waals surface area contributed by atoms with Crippen molar-refractivity contribution in [1.29, 1.82) is 0 Å². The summed E-state index contributed by atoms with van der Waals surface area (Å²) in [6.07, 6.45) is 0. The number of hydrogen-bond donors (Lipinski definition) is 1. The van der Waals surface area contributed by atoms with Crippen LogP contribution in [0.1, 0.15) is 13.8 Å². The predicted octanol–water partition coefficient (Wildman–Crippen LogP) is 0.355. The van der Waals surface area contributed by atoms with Crippen LogP contribution in [0, 0.1) is 42.4 Å². The Morgan fingerprint density at radius 1 is 1.23 bits per heavy atom. The van der Waals surface area contributed by atoms with E-state index in [1.165, 1.54) is 0 Å². The molecule has 0 aliphatic rings. The van der Waals surface area contributed by atoms with E-state index in [9.17, 15) is 4.79 Å². The highest BCUT2D eigenvalue weighted by atomic mass is 16.1. The summed E-state index contributed by atoms with van der Waals surface area (Å²) >= 11 is 0. The number of rotatable bonds is 1. The molecule has 1 amide bonds. The van der Waals surface area contributed by atoms with Gasteiger partial charge in [-0.05, 0) is 25.7 Å². The summed E-state index contributed by atoms with van der Waals surface area (Å²) in [6.45, 7) is 6.99. The van der Waals surface area contributed by atoms with E-state index in [-0.39, 0.29) is 11.9 Å². The van der Waals surface area contributed by atoms with Gasteiger partial charge < -0.3 is 5.32 Å². The Kier molecular flexibility index (Phi) is 5.69. The molecule has 0 saturated heterocycles. The molecule has 0 bridgehead atoms. The highest BCUT2D eigenvalue weighted by molar-refractivity contribution is 5.94. The monoisotopic (exact) mass is 172 g/mol. The molecule has 0 unspecified atom stereocenters. The van der Waals surface area contributed by atoms with Crippen molar-refractivity contribution < 1.29 is 4.79 Å². The van der Waals surface area contributed by atoms with Crippen molar-refractivity contribution in [2.75, 3.05) is 0 Å². The molecule has 0 saturated carbocycles. The van der Waals surface area contributed by atoms with Gasteiger partial charge >= 0.3 is 0 Å². The number of nitrogens with one attached hydrogen (secondary N) is 1. The van der Waals surface area contributed by atoms with Gasteiger partial charge in [0.25, 0.3) is 5.91 Å². The highest BCUT2D eigenvalue weighted by Crippen LogP contribution is 1.74. The van der Waals surface area contributed by atoms with Crippen LogP contribution in [0.15, 0.2) is 0 Å². The van der Waals surface area contributed by atoms with Crippen LogP contribution in [0.4, 0.5) is 0 Å². The Morgan fingerprint density at radius 2 is 1.85 bits per heavy atom. The summed E-state index contributed by atoms with van der Waals surface area (Å²) in [4.78, 5) is 10.9. The normalized spacial score (nSPS) is 6.69. The summed E-state index contributed by atoms with van der Waals surface area (Å²) < 4.78 is 0. The predicted molar refractivity (Wildman–Crippen MR) is 52.0 cm³/mol. The molecular weight excluding hydrogens is 162 g/mol. The third-order valence-corrected chi connectivity index (χ3v) is 0.872. The van der Waals surface area contributed by atoms with Crippen molar-refractivity contribution in [2.45, 2.75) is 19.9 Å². The number of carbonyl (C=O) groups is 1. The van der Waals surface area contributed by atoms with Gasteiger partial charge in [0.15, 0.2) is 0 Å². The molecule has 0 heterocycles. The molecule has 1 N–H and O–H groups in total. The van der Waals surface area contributed by atoms with Crippen molar-refractivity contribution in [3.05, 3.63) is 6.92 Å². The van der Waals surface area contributed by atoms with Gasteiger partial charge in [-0.2, -0.15) is 6.92 Å².